The van der Waals surface area contributed by atoms with E-state index in [1.165, 1.54) is 0 Å². The van der Waals surface area contributed by atoms with Crippen LogP contribution in [0.3, 0.4) is 0 Å². The molecule has 4 rings (SSSR count). The van der Waals surface area contributed by atoms with Crippen molar-refractivity contribution >= 4 is 23.2 Å². The van der Waals surface area contributed by atoms with E-state index in [9.17, 15) is 4.79 Å². The number of hydrazone groups is 1. The summed E-state index contributed by atoms with van der Waals surface area (Å²) in [5, 5.41) is 4.15. The number of aromatic nitrogens is 3. The molecule has 1 N–H and O–H groups in total. The van der Waals surface area contributed by atoms with Crippen molar-refractivity contribution in [2.45, 2.75) is 26.3 Å². The van der Waals surface area contributed by atoms with Gasteiger partial charge in [0.2, 0.25) is 0 Å². The molecular weight excluding hydrogens is 430 g/mol. The molecule has 2 aromatic carbocycles. The number of nitrogens with one attached hydrogen (secondary N) is 1. The highest BCUT2D eigenvalue weighted by Gasteiger charge is 2.16. The number of para-hydroxylation sites is 2. The minimum atomic E-state index is -0.290. The molecule has 174 valence electrons. The molecule has 2 heterocycles. The molecule has 1 amide bonds. The van der Waals surface area contributed by atoms with E-state index in [4.69, 9.17) is 9.47 Å². The number of rotatable bonds is 8. The van der Waals surface area contributed by atoms with Crippen molar-refractivity contribution in [3.05, 3.63) is 71.9 Å². The minimum Gasteiger partial charge on any atom is -0.496 e. The Hall–Kier alpha value is -4.20. The first-order chi connectivity index (χ1) is 16.5. The molecule has 0 saturated carbocycles. The Labute approximate surface area is 198 Å². The average molecular weight is 458 g/mol. The molecule has 0 atom stereocenters. The highest BCUT2D eigenvalue weighted by atomic mass is 16.5. The van der Waals surface area contributed by atoms with Crippen molar-refractivity contribution in [2.75, 3.05) is 14.2 Å². The molecule has 2 aromatic heterocycles. The number of benzene rings is 2. The lowest BCUT2D eigenvalue weighted by Gasteiger charge is -2.15. The van der Waals surface area contributed by atoms with Crippen molar-refractivity contribution in [1.82, 2.24) is 20.0 Å². The molecule has 0 bridgehead atoms. The number of pyridine rings is 1. The Morgan fingerprint density at radius 1 is 1.09 bits per heavy atom. The van der Waals surface area contributed by atoms with Gasteiger partial charge in [0, 0.05) is 17.3 Å². The van der Waals surface area contributed by atoms with Crippen LogP contribution in [-0.2, 0) is 11.3 Å². The number of hydrogen-bond donors (Lipinski definition) is 1. The summed E-state index contributed by atoms with van der Waals surface area (Å²) >= 11 is 0. The van der Waals surface area contributed by atoms with Gasteiger partial charge in [-0.15, -0.1) is 0 Å². The van der Waals surface area contributed by atoms with E-state index in [2.05, 4.69) is 34.3 Å². The fourth-order valence-corrected chi connectivity index (χ4v) is 3.78. The zero-order valence-electron chi connectivity index (χ0n) is 19.6. The van der Waals surface area contributed by atoms with E-state index < -0.39 is 0 Å². The third-order valence-corrected chi connectivity index (χ3v) is 5.45. The average Bonchev–Trinajstić information content (AvgIpc) is 3.22. The number of carbonyl (C=O) groups excluding carboxylic acids is 1. The van der Waals surface area contributed by atoms with Crippen LogP contribution in [0.1, 0.15) is 30.9 Å². The zero-order valence-corrected chi connectivity index (χ0v) is 19.6. The van der Waals surface area contributed by atoms with Crippen LogP contribution in [0.15, 0.2) is 65.9 Å². The maximum atomic E-state index is 12.8. The topological polar surface area (TPSA) is 90.6 Å². The molecule has 34 heavy (non-hydrogen) atoms. The van der Waals surface area contributed by atoms with E-state index in [1.54, 1.807) is 26.6 Å². The molecule has 0 fully saturated rings. The summed E-state index contributed by atoms with van der Waals surface area (Å²) in [5.41, 5.74) is 6.67. The summed E-state index contributed by atoms with van der Waals surface area (Å²) < 4.78 is 12.9. The van der Waals surface area contributed by atoms with Gasteiger partial charge in [-0.1, -0.05) is 32.0 Å². The second-order valence-corrected chi connectivity index (χ2v) is 8.01. The maximum Gasteiger partial charge on any atom is 0.260 e. The van der Waals surface area contributed by atoms with Gasteiger partial charge in [-0.25, -0.2) is 10.4 Å². The minimum absolute atomic E-state index is 0.0382. The quantitative estimate of drug-likeness (QED) is 0.313. The van der Waals surface area contributed by atoms with Gasteiger partial charge in [0.15, 0.2) is 5.82 Å². The summed E-state index contributed by atoms with van der Waals surface area (Å²) in [6.45, 7) is 4.21. The Morgan fingerprint density at radius 3 is 2.56 bits per heavy atom. The van der Waals surface area contributed by atoms with E-state index in [0.29, 0.717) is 22.8 Å². The number of nitrogens with zero attached hydrogens (tertiary/aromatic N) is 4. The van der Waals surface area contributed by atoms with E-state index in [0.717, 1.165) is 22.3 Å². The zero-order chi connectivity index (χ0) is 24.1. The summed E-state index contributed by atoms with van der Waals surface area (Å²) in [6, 6.07) is 17.1. The van der Waals surface area contributed by atoms with Gasteiger partial charge in [0.25, 0.3) is 5.91 Å². The molecule has 0 aliphatic heterocycles. The van der Waals surface area contributed by atoms with Gasteiger partial charge < -0.3 is 14.0 Å². The Balaban J connectivity index is 1.57. The predicted molar refractivity (Wildman–Crippen MR) is 132 cm³/mol. The normalized spacial score (nSPS) is 11.3. The molecule has 8 nitrogen and oxygen atoms in total. The largest absolute Gasteiger partial charge is 0.496 e. The second-order valence-electron chi connectivity index (χ2n) is 8.01. The molecule has 8 heteroatoms. The van der Waals surface area contributed by atoms with Gasteiger partial charge in [0.1, 0.15) is 23.7 Å². The lowest BCUT2D eigenvalue weighted by molar-refractivity contribution is -0.121. The molecule has 4 aromatic rings. The molecule has 0 aliphatic carbocycles. The molecular formula is C26H27N5O3. The Bertz CT molecular complexity index is 1330. The van der Waals surface area contributed by atoms with E-state index in [1.807, 2.05) is 59.2 Å². The number of imidazole rings is 1. The molecule has 0 saturated heterocycles. The highest BCUT2D eigenvalue weighted by molar-refractivity contribution is 5.87. The standard InChI is InChI=1S/C26H27N5O3/c1-17(2)19-14-23(33-3)18(13-24(19)34-4)15-28-30-25(32)16-31-22-11-6-5-9-20(22)29-26(31)21-10-7-8-12-27-21/h5-15,17H,16H2,1-4H3,(H,30,32). The van der Waals surface area contributed by atoms with Gasteiger partial charge in [-0.3, -0.25) is 9.78 Å². The third kappa shape index (κ3) is 4.76. The lowest BCUT2D eigenvalue weighted by atomic mass is 9.99. The molecule has 0 radical (unpaired) electrons. The van der Waals surface area contributed by atoms with E-state index in [-0.39, 0.29) is 18.4 Å². The summed E-state index contributed by atoms with van der Waals surface area (Å²) in [5.74, 6) is 2.00. The predicted octanol–water partition coefficient (Wildman–Crippen LogP) is 4.39. The fourth-order valence-electron chi connectivity index (χ4n) is 3.78. The van der Waals surface area contributed by atoms with Gasteiger partial charge in [-0.05, 0) is 42.3 Å². The van der Waals surface area contributed by atoms with E-state index >= 15 is 0 Å². The van der Waals surface area contributed by atoms with Gasteiger partial charge >= 0.3 is 0 Å². The van der Waals surface area contributed by atoms with Gasteiger partial charge in [0.05, 0.1) is 31.5 Å². The first-order valence-corrected chi connectivity index (χ1v) is 11.0. The second kappa shape index (κ2) is 10.2. The van der Waals surface area contributed by atoms with Crippen molar-refractivity contribution in [1.29, 1.82) is 0 Å². The monoisotopic (exact) mass is 457 g/mol. The molecule has 0 unspecified atom stereocenters. The first-order valence-electron chi connectivity index (χ1n) is 11.0. The van der Waals surface area contributed by atoms with Crippen LogP contribution in [0, 0.1) is 0 Å². The van der Waals surface area contributed by atoms with Crippen LogP contribution >= 0.6 is 0 Å². The third-order valence-electron chi connectivity index (χ3n) is 5.45. The van der Waals surface area contributed by atoms with Gasteiger partial charge in [-0.2, -0.15) is 5.10 Å². The number of carbonyl (C=O) groups is 1. The number of hydrogen-bond acceptors (Lipinski definition) is 6. The van der Waals surface area contributed by atoms with Crippen LogP contribution in [-0.4, -0.2) is 40.9 Å². The Morgan fingerprint density at radius 2 is 1.85 bits per heavy atom. The SMILES string of the molecule is COc1cc(C(C)C)c(OC)cc1C=NNC(=O)Cn1c(-c2ccccn2)nc2ccccc21. The highest BCUT2D eigenvalue weighted by Crippen LogP contribution is 2.32. The number of ether oxygens (including phenoxy) is 2. The number of amides is 1. The molecule has 0 spiro atoms. The van der Waals surface area contributed by atoms with Crippen LogP contribution < -0.4 is 14.9 Å². The van der Waals surface area contributed by atoms with Crippen molar-refractivity contribution in [3.8, 4) is 23.0 Å². The van der Waals surface area contributed by atoms with Crippen LogP contribution in [0.25, 0.3) is 22.6 Å². The Kier molecular flexibility index (Phi) is 6.87. The van der Waals surface area contributed by atoms with Crippen LogP contribution in [0.4, 0.5) is 0 Å². The number of methoxy groups -OCH3 is 2. The lowest BCUT2D eigenvalue weighted by Crippen LogP contribution is -2.23. The van der Waals surface area contributed by atoms with Crippen molar-refractivity contribution in [2.24, 2.45) is 5.10 Å². The first kappa shape index (κ1) is 23.0. The van der Waals surface area contributed by atoms with Crippen molar-refractivity contribution < 1.29 is 14.3 Å². The fraction of sp³-hybridized carbons (Fsp3) is 0.231. The smallest absolute Gasteiger partial charge is 0.260 e. The summed E-state index contributed by atoms with van der Waals surface area (Å²) in [6.07, 6.45) is 3.25. The summed E-state index contributed by atoms with van der Waals surface area (Å²) in [4.78, 5) is 21.9. The maximum absolute atomic E-state index is 12.8. The van der Waals surface area contributed by atoms with Crippen LogP contribution in [0.2, 0.25) is 0 Å². The van der Waals surface area contributed by atoms with Crippen LogP contribution in [0.5, 0.6) is 11.5 Å². The summed E-state index contributed by atoms with van der Waals surface area (Å²) in [7, 11) is 3.23. The number of fused-ring (bicyclic) bond motifs is 1. The van der Waals surface area contributed by atoms with Crippen molar-refractivity contribution in [3.63, 3.8) is 0 Å². The molecule has 0 aliphatic rings.